The van der Waals surface area contributed by atoms with Crippen LogP contribution in [0.15, 0.2) is 24.3 Å². The summed E-state index contributed by atoms with van der Waals surface area (Å²) in [6.07, 6.45) is -4.41. The summed E-state index contributed by atoms with van der Waals surface area (Å²) < 4.78 is 48.1. The minimum atomic E-state index is -4.41. The minimum Gasteiger partial charge on any atom is -0.324 e. The van der Waals surface area contributed by atoms with E-state index in [-0.39, 0.29) is 5.69 Å². The average molecular weight is 221 g/mol. The van der Waals surface area contributed by atoms with Gasteiger partial charge in [0.1, 0.15) is 0 Å². The molecule has 0 saturated carbocycles. The molecule has 0 heterocycles. The number of hydrogen-bond donors (Lipinski definition) is 1. The van der Waals surface area contributed by atoms with Crippen molar-refractivity contribution in [2.45, 2.75) is 6.18 Å². The van der Waals surface area contributed by atoms with E-state index in [4.69, 9.17) is 0 Å². The third-order valence-electron chi connectivity index (χ3n) is 1.62. The highest BCUT2D eigenvalue weighted by Gasteiger charge is 2.29. The van der Waals surface area contributed by atoms with Gasteiger partial charge in [-0.15, -0.1) is 0 Å². The van der Waals surface area contributed by atoms with Crippen LogP contribution in [0.25, 0.3) is 0 Å². The molecule has 1 aromatic carbocycles. The van der Waals surface area contributed by atoms with Gasteiger partial charge in [0.25, 0.3) is 5.91 Å². The average Bonchev–Trinajstić information content (AvgIpc) is 2.17. The van der Waals surface area contributed by atoms with Gasteiger partial charge >= 0.3 is 6.18 Å². The highest BCUT2D eigenvalue weighted by Crippen LogP contribution is 2.29. The Bertz CT molecular complexity index is 344. The molecule has 1 N–H and O–H groups in total. The molecule has 6 heteroatoms. The van der Waals surface area contributed by atoms with Gasteiger partial charge in [-0.2, -0.15) is 13.2 Å². The van der Waals surface area contributed by atoms with Gasteiger partial charge in [-0.05, 0) is 24.3 Å². The third-order valence-corrected chi connectivity index (χ3v) is 1.62. The quantitative estimate of drug-likeness (QED) is 0.764. The lowest BCUT2D eigenvalue weighted by atomic mass is 10.2. The first-order chi connectivity index (χ1) is 6.93. The summed E-state index contributed by atoms with van der Waals surface area (Å²) >= 11 is 0. The molecule has 0 radical (unpaired) electrons. The topological polar surface area (TPSA) is 29.1 Å². The molecule has 1 rings (SSSR count). The van der Waals surface area contributed by atoms with Crippen LogP contribution >= 0.6 is 0 Å². The van der Waals surface area contributed by atoms with E-state index in [2.05, 4.69) is 5.32 Å². The molecule has 15 heavy (non-hydrogen) atoms. The highest BCUT2D eigenvalue weighted by molar-refractivity contribution is 5.91. The van der Waals surface area contributed by atoms with Crippen molar-refractivity contribution in [2.24, 2.45) is 0 Å². The number of alkyl halides is 4. The van der Waals surface area contributed by atoms with Crippen molar-refractivity contribution in [1.82, 2.24) is 0 Å². The predicted molar refractivity (Wildman–Crippen MR) is 46.0 cm³/mol. The number of benzene rings is 1. The number of anilines is 1. The lowest BCUT2D eigenvalue weighted by Gasteiger charge is -2.07. The van der Waals surface area contributed by atoms with Crippen molar-refractivity contribution >= 4 is 11.6 Å². The molecular weight excluding hydrogens is 214 g/mol. The molecule has 82 valence electrons. The summed E-state index contributed by atoms with van der Waals surface area (Å²) in [5.41, 5.74) is -0.689. The second kappa shape index (κ2) is 4.29. The summed E-state index contributed by atoms with van der Waals surface area (Å²) in [5, 5.41) is 2.09. The van der Waals surface area contributed by atoms with E-state index in [1.165, 1.54) is 0 Å². The van der Waals surface area contributed by atoms with Crippen LogP contribution < -0.4 is 5.32 Å². The largest absolute Gasteiger partial charge is 0.416 e. The molecule has 0 aromatic heterocycles. The van der Waals surface area contributed by atoms with Crippen molar-refractivity contribution in [2.75, 3.05) is 12.0 Å². The minimum absolute atomic E-state index is 0.130. The number of nitrogens with one attached hydrogen (secondary N) is 1. The molecule has 0 aliphatic carbocycles. The molecule has 0 saturated heterocycles. The Morgan fingerprint density at radius 3 is 2.13 bits per heavy atom. The maximum absolute atomic E-state index is 12.1. The molecule has 0 aliphatic heterocycles. The molecule has 0 unspecified atom stereocenters. The number of halogens is 4. The van der Waals surface area contributed by atoms with Crippen LogP contribution in [-0.4, -0.2) is 12.6 Å². The Kier molecular flexibility index (Phi) is 3.28. The van der Waals surface area contributed by atoms with Crippen LogP contribution in [-0.2, 0) is 11.0 Å². The molecule has 0 atom stereocenters. The molecule has 1 aromatic rings. The molecule has 0 fully saturated rings. The summed E-state index contributed by atoms with van der Waals surface area (Å²) in [5.74, 6) is -0.894. The Hall–Kier alpha value is -1.59. The van der Waals surface area contributed by atoms with Gasteiger partial charge in [0.15, 0.2) is 6.67 Å². The first kappa shape index (κ1) is 11.5. The Morgan fingerprint density at radius 1 is 1.20 bits per heavy atom. The van der Waals surface area contributed by atoms with E-state index in [1.807, 2.05) is 0 Å². The van der Waals surface area contributed by atoms with Crippen LogP contribution in [0, 0.1) is 0 Å². The third kappa shape index (κ3) is 3.23. The molecule has 1 amide bonds. The van der Waals surface area contributed by atoms with Crippen LogP contribution in [0.5, 0.6) is 0 Å². The second-order valence-corrected chi connectivity index (χ2v) is 2.76. The van der Waals surface area contributed by atoms with Crippen LogP contribution in [0.4, 0.5) is 23.2 Å². The van der Waals surface area contributed by atoms with Gasteiger partial charge in [-0.3, -0.25) is 4.79 Å². The Morgan fingerprint density at radius 2 is 1.73 bits per heavy atom. The summed E-state index contributed by atoms with van der Waals surface area (Å²) in [7, 11) is 0. The molecule has 2 nitrogen and oxygen atoms in total. The molecular formula is C9H7F4NO. The fourth-order valence-corrected chi connectivity index (χ4v) is 0.937. The van der Waals surface area contributed by atoms with E-state index in [1.54, 1.807) is 0 Å². The zero-order chi connectivity index (χ0) is 11.5. The lowest BCUT2D eigenvalue weighted by molar-refractivity contribution is -0.137. The standard InChI is InChI=1S/C9H7F4NO/c10-5-8(15)14-7-3-1-6(2-4-7)9(11,12)13/h1-4H,5H2,(H,14,15). The SMILES string of the molecule is O=C(CF)Nc1ccc(C(F)(F)F)cc1. The first-order valence-electron chi connectivity index (χ1n) is 3.96. The number of hydrogen-bond acceptors (Lipinski definition) is 1. The molecule has 0 bridgehead atoms. The summed E-state index contributed by atoms with van der Waals surface area (Å²) in [6.45, 7) is -1.21. The van der Waals surface area contributed by atoms with Gasteiger partial charge in [-0.25, -0.2) is 4.39 Å². The van der Waals surface area contributed by atoms with Gasteiger partial charge < -0.3 is 5.32 Å². The summed E-state index contributed by atoms with van der Waals surface area (Å²) in [6, 6.07) is 3.76. The maximum Gasteiger partial charge on any atom is 0.416 e. The van der Waals surface area contributed by atoms with Gasteiger partial charge in [-0.1, -0.05) is 0 Å². The van der Waals surface area contributed by atoms with Crippen molar-refractivity contribution < 1.29 is 22.4 Å². The number of carbonyl (C=O) groups excluding carboxylic acids is 1. The van der Waals surface area contributed by atoms with E-state index in [9.17, 15) is 22.4 Å². The smallest absolute Gasteiger partial charge is 0.324 e. The van der Waals surface area contributed by atoms with Crippen molar-refractivity contribution in [1.29, 1.82) is 0 Å². The van der Waals surface area contributed by atoms with Crippen molar-refractivity contribution in [3.05, 3.63) is 29.8 Å². The second-order valence-electron chi connectivity index (χ2n) is 2.76. The Labute approximate surface area is 82.9 Å². The van der Waals surface area contributed by atoms with E-state index >= 15 is 0 Å². The number of carbonyl (C=O) groups is 1. The van der Waals surface area contributed by atoms with E-state index < -0.39 is 24.3 Å². The van der Waals surface area contributed by atoms with E-state index in [0.29, 0.717) is 0 Å². The fourth-order valence-electron chi connectivity index (χ4n) is 0.937. The fraction of sp³-hybridized carbons (Fsp3) is 0.222. The molecule has 0 spiro atoms. The van der Waals surface area contributed by atoms with Crippen LogP contribution in [0.2, 0.25) is 0 Å². The van der Waals surface area contributed by atoms with E-state index in [0.717, 1.165) is 24.3 Å². The van der Waals surface area contributed by atoms with Crippen molar-refractivity contribution in [3.63, 3.8) is 0 Å². The summed E-state index contributed by atoms with van der Waals surface area (Å²) in [4.78, 5) is 10.6. The monoisotopic (exact) mass is 221 g/mol. The van der Waals surface area contributed by atoms with Gasteiger partial charge in [0, 0.05) is 5.69 Å². The van der Waals surface area contributed by atoms with Gasteiger partial charge in [0.2, 0.25) is 0 Å². The predicted octanol–water partition coefficient (Wildman–Crippen LogP) is 2.61. The highest BCUT2D eigenvalue weighted by atomic mass is 19.4. The first-order valence-corrected chi connectivity index (χ1v) is 3.96. The normalized spacial score (nSPS) is 11.2. The zero-order valence-electron chi connectivity index (χ0n) is 7.44. The molecule has 0 aliphatic rings. The van der Waals surface area contributed by atoms with Crippen LogP contribution in [0.1, 0.15) is 5.56 Å². The number of rotatable bonds is 2. The van der Waals surface area contributed by atoms with Crippen molar-refractivity contribution in [3.8, 4) is 0 Å². The number of amides is 1. The van der Waals surface area contributed by atoms with Crippen LogP contribution in [0.3, 0.4) is 0 Å². The lowest BCUT2D eigenvalue weighted by Crippen LogP contribution is -2.13. The maximum atomic E-state index is 12.1. The zero-order valence-corrected chi connectivity index (χ0v) is 7.44. The Balaban J connectivity index is 2.77. The van der Waals surface area contributed by atoms with Gasteiger partial charge in [0.05, 0.1) is 5.56 Å².